The average Bonchev–Trinajstić information content (AvgIpc) is 2.81. The van der Waals surface area contributed by atoms with Crippen LogP contribution in [0, 0.1) is 0 Å². The van der Waals surface area contributed by atoms with Crippen LogP contribution in [0.2, 0.25) is 0 Å². The highest BCUT2D eigenvalue weighted by molar-refractivity contribution is 7.86. The topological polar surface area (TPSA) is 92.1 Å². The lowest BCUT2D eigenvalue weighted by Crippen LogP contribution is -2.42. The molecule has 19 heavy (non-hydrogen) atoms. The van der Waals surface area contributed by atoms with Gasteiger partial charge in [0.15, 0.2) is 0 Å². The van der Waals surface area contributed by atoms with Crippen LogP contribution in [-0.2, 0) is 10.2 Å². The Hall–Kier alpha value is -1.44. The molecule has 1 fully saturated rings. The van der Waals surface area contributed by atoms with E-state index in [0.717, 1.165) is 35.9 Å². The average molecular weight is 280 g/mol. The molecule has 1 saturated heterocycles. The number of hydrogen-bond acceptors (Lipinski definition) is 3. The Morgan fingerprint density at radius 1 is 1.32 bits per heavy atom. The molecular weight excluding hydrogens is 264 g/mol. The van der Waals surface area contributed by atoms with Crippen molar-refractivity contribution in [2.24, 2.45) is 5.14 Å². The third kappa shape index (κ3) is 2.24. The predicted octanol–water partition coefficient (Wildman–Crippen LogP) is 1.29. The van der Waals surface area contributed by atoms with Crippen molar-refractivity contribution in [3.8, 4) is 0 Å². The van der Waals surface area contributed by atoms with E-state index in [2.05, 4.69) is 10.2 Å². The molecule has 7 heteroatoms. The SMILES string of the molecule is NS(=O)(=O)N1CCCCC1c1n[nH]c2ccccc12. The first-order chi connectivity index (χ1) is 9.07. The summed E-state index contributed by atoms with van der Waals surface area (Å²) in [5, 5.41) is 13.5. The molecule has 1 atom stereocenters. The molecule has 0 radical (unpaired) electrons. The van der Waals surface area contributed by atoms with Gasteiger partial charge in [-0.2, -0.15) is 17.8 Å². The number of hydrogen-bond donors (Lipinski definition) is 2. The van der Waals surface area contributed by atoms with E-state index in [1.165, 1.54) is 4.31 Å². The molecule has 0 saturated carbocycles. The van der Waals surface area contributed by atoms with Gasteiger partial charge in [-0.15, -0.1) is 0 Å². The molecular formula is C12H16N4O2S. The number of nitrogens with two attached hydrogens (primary N) is 1. The molecule has 1 aromatic carbocycles. The zero-order valence-electron chi connectivity index (χ0n) is 10.4. The minimum Gasteiger partial charge on any atom is -0.277 e. The Morgan fingerprint density at radius 2 is 2.11 bits per heavy atom. The number of fused-ring (bicyclic) bond motifs is 1. The van der Waals surface area contributed by atoms with Crippen molar-refractivity contribution in [2.45, 2.75) is 25.3 Å². The summed E-state index contributed by atoms with van der Waals surface area (Å²) in [4.78, 5) is 0. The van der Waals surface area contributed by atoms with Gasteiger partial charge < -0.3 is 0 Å². The number of aromatic nitrogens is 2. The second kappa shape index (κ2) is 4.59. The fourth-order valence-corrected chi connectivity index (χ4v) is 3.67. The zero-order chi connectivity index (χ0) is 13.5. The van der Waals surface area contributed by atoms with Crippen LogP contribution >= 0.6 is 0 Å². The van der Waals surface area contributed by atoms with E-state index in [0.29, 0.717) is 6.54 Å². The van der Waals surface area contributed by atoms with Gasteiger partial charge >= 0.3 is 0 Å². The van der Waals surface area contributed by atoms with Crippen molar-refractivity contribution in [1.29, 1.82) is 0 Å². The van der Waals surface area contributed by atoms with E-state index in [9.17, 15) is 8.42 Å². The number of benzene rings is 1. The fraction of sp³-hybridized carbons (Fsp3) is 0.417. The van der Waals surface area contributed by atoms with Crippen molar-refractivity contribution >= 4 is 21.1 Å². The maximum Gasteiger partial charge on any atom is 0.277 e. The Balaban J connectivity index is 2.08. The quantitative estimate of drug-likeness (QED) is 0.868. The number of piperidine rings is 1. The smallest absolute Gasteiger partial charge is 0.277 e. The van der Waals surface area contributed by atoms with Crippen molar-refractivity contribution in [3.05, 3.63) is 30.0 Å². The van der Waals surface area contributed by atoms with Crippen LogP contribution in [0.4, 0.5) is 0 Å². The Bertz CT molecular complexity index is 695. The summed E-state index contributed by atoms with van der Waals surface area (Å²) in [5.41, 5.74) is 1.68. The number of H-pyrrole nitrogens is 1. The number of aromatic amines is 1. The molecule has 102 valence electrons. The van der Waals surface area contributed by atoms with Crippen molar-refractivity contribution in [3.63, 3.8) is 0 Å². The summed E-state index contributed by atoms with van der Waals surface area (Å²) in [6, 6.07) is 7.45. The van der Waals surface area contributed by atoms with Crippen LogP contribution in [-0.4, -0.2) is 29.5 Å². The molecule has 1 aliphatic rings. The highest BCUT2D eigenvalue weighted by Crippen LogP contribution is 2.34. The molecule has 0 amide bonds. The van der Waals surface area contributed by atoms with Gasteiger partial charge in [0, 0.05) is 11.9 Å². The Labute approximate surface area is 111 Å². The van der Waals surface area contributed by atoms with Crippen molar-refractivity contribution < 1.29 is 8.42 Å². The zero-order valence-corrected chi connectivity index (χ0v) is 11.2. The summed E-state index contributed by atoms with van der Waals surface area (Å²) in [6.45, 7) is 0.463. The van der Waals surface area contributed by atoms with Gasteiger partial charge in [-0.1, -0.05) is 24.6 Å². The normalized spacial score (nSPS) is 21.8. The van der Waals surface area contributed by atoms with Gasteiger partial charge in [0.05, 0.1) is 17.3 Å². The number of rotatable bonds is 2. The van der Waals surface area contributed by atoms with Crippen LogP contribution in [0.5, 0.6) is 0 Å². The molecule has 1 aromatic heterocycles. The van der Waals surface area contributed by atoms with Gasteiger partial charge in [0.1, 0.15) is 0 Å². The lowest BCUT2D eigenvalue weighted by atomic mass is 10.00. The second-order valence-corrected chi connectivity index (χ2v) is 6.32. The number of para-hydroxylation sites is 1. The summed E-state index contributed by atoms with van der Waals surface area (Å²) >= 11 is 0. The van der Waals surface area contributed by atoms with Crippen LogP contribution in [0.25, 0.3) is 10.9 Å². The highest BCUT2D eigenvalue weighted by atomic mass is 32.2. The van der Waals surface area contributed by atoms with Crippen LogP contribution < -0.4 is 5.14 Å². The maximum atomic E-state index is 11.7. The van der Waals surface area contributed by atoms with Gasteiger partial charge in [-0.25, -0.2) is 5.14 Å². The van der Waals surface area contributed by atoms with Crippen LogP contribution in [0.15, 0.2) is 24.3 Å². The summed E-state index contributed by atoms with van der Waals surface area (Å²) in [6.07, 6.45) is 2.58. The van der Waals surface area contributed by atoms with E-state index in [-0.39, 0.29) is 6.04 Å². The fourth-order valence-electron chi connectivity index (χ4n) is 2.72. The van der Waals surface area contributed by atoms with Crippen LogP contribution in [0.3, 0.4) is 0 Å². The third-order valence-electron chi connectivity index (χ3n) is 3.60. The van der Waals surface area contributed by atoms with E-state index < -0.39 is 10.2 Å². The standard InChI is InChI=1S/C12H16N4O2S/c13-19(17,18)16-8-4-3-7-11(16)12-9-5-1-2-6-10(9)14-15-12/h1-2,5-6,11H,3-4,7-8H2,(H,14,15)(H2,13,17,18). The van der Waals surface area contributed by atoms with E-state index in [4.69, 9.17) is 5.14 Å². The van der Waals surface area contributed by atoms with E-state index in [1.54, 1.807) is 0 Å². The number of nitrogens with zero attached hydrogens (tertiary/aromatic N) is 2. The van der Waals surface area contributed by atoms with E-state index >= 15 is 0 Å². The first-order valence-corrected chi connectivity index (χ1v) is 7.80. The lowest BCUT2D eigenvalue weighted by molar-refractivity contribution is 0.253. The molecule has 0 aliphatic carbocycles. The summed E-state index contributed by atoms with van der Waals surface area (Å²) < 4.78 is 24.7. The molecule has 0 spiro atoms. The molecule has 3 N–H and O–H groups in total. The Kier molecular flexibility index (Phi) is 3.04. The Morgan fingerprint density at radius 3 is 2.89 bits per heavy atom. The first kappa shape index (κ1) is 12.6. The third-order valence-corrected chi connectivity index (χ3v) is 4.69. The predicted molar refractivity (Wildman–Crippen MR) is 72.5 cm³/mol. The lowest BCUT2D eigenvalue weighted by Gasteiger charge is -2.32. The molecule has 1 aliphatic heterocycles. The van der Waals surface area contributed by atoms with Gasteiger partial charge in [-0.05, 0) is 18.9 Å². The molecule has 2 aromatic rings. The minimum atomic E-state index is -3.69. The largest absolute Gasteiger partial charge is 0.277 e. The summed E-state index contributed by atoms with van der Waals surface area (Å²) in [5.74, 6) is 0. The van der Waals surface area contributed by atoms with Gasteiger partial charge in [0.25, 0.3) is 10.2 Å². The number of nitrogens with one attached hydrogen (secondary N) is 1. The maximum absolute atomic E-state index is 11.7. The minimum absolute atomic E-state index is 0.264. The molecule has 0 bridgehead atoms. The van der Waals surface area contributed by atoms with Gasteiger partial charge in [-0.3, -0.25) is 5.10 Å². The van der Waals surface area contributed by atoms with Crippen LogP contribution in [0.1, 0.15) is 31.0 Å². The van der Waals surface area contributed by atoms with Gasteiger partial charge in [0.2, 0.25) is 0 Å². The highest BCUT2D eigenvalue weighted by Gasteiger charge is 2.33. The molecule has 1 unspecified atom stereocenters. The van der Waals surface area contributed by atoms with Crippen molar-refractivity contribution in [1.82, 2.24) is 14.5 Å². The second-order valence-electron chi connectivity index (χ2n) is 4.82. The molecule has 3 rings (SSSR count). The van der Waals surface area contributed by atoms with Crippen molar-refractivity contribution in [2.75, 3.05) is 6.54 Å². The first-order valence-electron chi connectivity index (χ1n) is 6.30. The van der Waals surface area contributed by atoms with E-state index in [1.807, 2.05) is 24.3 Å². The monoisotopic (exact) mass is 280 g/mol. The molecule has 6 nitrogen and oxygen atoms in total. The summed E-state index contributed by atoms with van der Waals surface area (Å²) in [7, 11) is -3.69. The molecule has 2 heterocycles.